The summed E-state index contributed by atoms with van der Waals surface area (Å²) in [4.78, 5) is 13.7. The van der Waals surface area contributed by atoms with E-state index in [1.54, 1.807) is 12.1 Å². The number of allylic oxidation sites excluding steroid dienone is 1. The zero-order valence-corrected chi connectivity index (χ0v) is 15.5. The van der Waals surface area contributed by atoms with Gasteiger partial charge in [0, 0.05) is 36.3 Å². The van der Waals surface area contributed by atoms with E-state index in [9.17, 15) is 4.39 Å². The minimum Gasteiger partial charge on any atom is -0.383 e. The molecule has 0 atom stereocenters. The Morgan fingerprint density at radius 2 is 1.96 bits per heavy atom. The van der Waals surface area contributed by atoms with Crippen molar-refractivity contribution in [1.82, 2.24) is 19.5 Å². The Hall–Kier alpha value is -3.22. The van der Waals surface area contributed by atoms with Crippen molar-refractivity contribution in [2.24, 2.45) is 7.05 Å². The van der Waals surface area contributed by atoms with Crippen LogP contribution in [-0.4, -0.2) is 19.5 Å². The highest BCUT2D eigenvalue weighted by Crippen LogP contribution is 2.44. The van der Waals surface area contributed by atoms with Crippen molar-refractivity contribution in [2.75, 3.05) is 11.1 Å². The van der Waals surface area contributed by atoms with Crippen molar-refractivity contribution >= 4 is 11.6 Å². The number of nitrogens with one attached hydrogen (secondary N) is 1. The van der Waals surface area contributed by atoms with Gasteiger partial charge in [0.2, 0.25) is 0 Å². The molecule has 0 saturated heterocycles. The summed E-state index contributed by atoms with van der Waals surface area (Å²) in [5, 5.41) is 3.20. The van der Waals surface area contributed by atoms with Gasteiger partial charge in [0.15, 0.2) is 5.82 Å². The number of imidazole rings is 1. The molecule has 0 fully saturated rings. The van der Waals surface area contributed by atoms with Gasteiger partial charge in [0.1, 0.15) is 29.0 Å². The van der Waals surface area contributed by atoms with E-state index in [-0.39, 0.29) is 11.2 Å². The fourth-order valence-corrected chi connectivity index (χ4v) is 3.34. The molecule has 0 amide bonds. The van der Waals surface area contributed by atoms with Crippen molar-refractivity contribution < 1.29 is 4.39 Å². The molecule has 3 heterocycles. The molecule has 138 valence electrons. The number of rotatable bonds is 3. The highest BCUT2D eigenvalue weighted by Gasteiger charge is 2.38. The SMILES string of the molecule is C=C1Nc2nc(-c3cn(C)c(Cc4ccccc4F)n3)nc(N)c2C1(C)C. The minimum atomic E-state index is -0.335. The zero-order chi connectivity index (χ0) is 19.3. The summed E-state index contributed by atoms with van der Waals surface area (Å²) in [6.07, 6.45) is 2.21. The predicted molar refractivity (Wildman–Crippen MR) is 104 cm³/mol. The number of halogens is 1. The molecule has 1 aliphatic rings. The van der Waals surface area contributed by atoms with E-state index in [0.29, 0.717) is 35.1 Å². The van der Waals surface area contributed by atoms with Crippen LogP contribution in [0.5, 0.6) is 0 Å². The first-order valence-electron chi connectivity index (χ1n) is 8.68. The molecule has 0 radical (unpaired) electrons. The Morgan fingerprint density at radius 1 is 1.22 bits per heavy atom. The van der Waals surface area contributed by atoms with Crippen molar-refractivity contribution in [3.8, 4) is 11.5 Å². The molecule has 1 aliphatic heterocycles. The van der Waals surface area contributed by atoms with Crippen LogP contribution in [0, 0.1) is 5.82 Å². The largest absolute Gasteiger partial charge is 0.383 e. The van der Waals surface area contributed by atoms with Crippen LogP contribution in [-0.2, 0) is 18.9 Å². The average molecular weight is 364 g/mol. The van der Waals surface area contributed by atoms with Gasteiger partial charge in [-0.1, -0.05) is 24.8 Å². The molecule has 4 rings (SSSR count). The average Bonchev–Trinajstić information content (AvgIpc) is 3.07. The predicted octanol–water partition coefficient (Wildman–Crippen LogP) is 3.41. The Kier molecular flexibility index (Phi) is 3.76. The summed E-state index contributed by atoms with van der Waals surface area (Å²) in [5.41, 5.74) is 8.74. The van der Waals surface area contributed by atoms with Gasteiger partial charge in [0.05, 0.1) is 0 Å². The van der Waals surface area contributed by atoms with E-state index in [1.807, 2.05) is 37.7 Å². The Bertz CT molecular complexity index is 1070. The fourth-order valence-electron chi connectivity index (χ4n) is 3.34. The second-order valence-electron chi connectivity index (χ2n) is 7.31. The molecule has 27 heavy (non-hydrogen) atoms. The third-order valence-corrected chi connectivity index (χ3v) is 5.09. The number of hydrogen-bond acceptors (Lipinski definition) is 5. The van der Waals surface area contributed by atoms with Gasteiger partial charge in [-0.25, -0.2) is 19.3 Å². The first-order chi connectivity index (χ1) is 12.8. The number of fused-ring (bicyclic) bond motifs is 1. The van der Waals surface area contributed by atoms with Gasteiger partial charge < -0.3 is 15.6 Å². The summed E-state index contributed by atoms with van der Waals surface area (Å²) in [6.45, 7) is 8.11. The van der Waals surface area contributed by atoms with Crippen LogP contribution in [0.15, 0.2) is 42.7 Å². The monoisotopic (exact) mass is 364 g/mol. The number of anilines is 2. The number of nitrogens with two attached hydrogens (primary N) is 1. The molecule has 0 bridgehead atoms. The third-order valence-electron chi connectivity index (χ3n) is 5.09. The Balaban J connectivity index is 1.72. The lowest BCUT2D eigenvalue weighted by molar-refractivity contribution is 0.610. The molecule has 0 aliphatic carbocycles. The molecular weight excluding hydrogens is 343 g/mol. The van der Waals surface area contributed by atoms with E-state index >= 15 is 0 Å². The number of aromatic nitrogens is 4. The van der Waals surface area contributed by atoms with Crippen LogP contribution in [0.3, 0.4) is 0 Å². The van der Waals surface area contributed by atoms with Crippen LogP contribution in [0.1, 0.15) is 30.8 Å². The molecule has 6 nitrogen and oxygen atoms in total. The van der Waals surface area contributed by atoms with Gasteiger partial charge in [-0.3, -0.25) is 0 Å². The summed E-state index contributed by atoms with van der Waals surface area (Å²) < 4.78 is 15.8. The quantitative estimate of drug-likeness (QED) is 0.744. The molecular formula is C20H21FN6. The lowest BCUT2D eigenvalue weighted by Gasteiger charge is -2.19. The standard InChI is InChI=1S/C20H21FN6/c1-11-20(2,3)16-17(22)25-18(26-19(16)23-11)14-10-27(4)15(24-14)9-12-7-5-6-8-13(12)21/h5-8,10H,1,9H2,2-4H3,(H3,22,23,25,26). The highest BCUT2D eigenvalue weighted by molar-refractivity contribution is 5.72. The molecule has 0 unspecified atom stereocenters. The molecule has 0 saturated carbocycles. The number of benzene rings is 1. The van der Waals surface area contributed by atoms with E-state index in [4.69, 9.17) is 5.73 Å². The normalized spacial score (nSPS) is 14.9. The number of nitrogen functional groups attached to an aromatic ring is 1. The number of hydrogen-bond donors (Lipinski definition) is 2. The van der Waals surface area contributed by atoms with Crippen molar-refractivity contribution in [3.63, 3.8) is 0 Å². The maximum Gasteiger partial charge on any atom is 0.183 e. The maximum absolute atomic E-state index is 14.0. The summed E-state index contributed by atoms with van der Waals surface area (Å²) in [6, 6.07) is 6.69. The third kappa shape index (κ3) is 2.75. The highest BCUT2D eigenvalue weighted by atomic mass is 19.1. The van der Waals surface area contributed by atoms with Gasteiger partial charge in [-0.2, -0.15) is 0 Å². The van der Waals surface area contributed by atoms with Crippen molar-refractivity contribution in [3.05, 3.63) is 65.5 Å². The van der Waals surface area contributed by atoms with Gasteiger partial charge in [-0.15, -0.1) is 0 Å². The van der Waals surface area contributed by atoms with E-state index in [1.165, 1.54) is 6.07 Å². The topological polar surface area (TPSA) is 81.7 Å². The first-order valence-corrected chi connectivity index (χ1v) is 8.68. The van der Waals surface area contributed by atoms with Crippen LogP contribution in [0.2, 0.25) is 0 Å². The van der Waals surface area contributed by atoms with E-state index in [2.05, 4.69) is 26.8 Å². The molecule has 2 aromatic heterocycles. The number of aryl methyl sites for hydroxylation is 1. The van der Waals surface area contributed by atoms with Crippen LogP contribution in [0.4, 0.5) is 16.0 Å². The second kappa shape index (κ2) is 5.90. The lowest BCUT2D eigenvalue weighted by atomic mass is 9.85. The Labute approximate surface area is 157 Å². The van der Waals surface area contributed by atoms with Gasteiger partial charge in [-0.05, 0) is 25.5 Å². The van der Waals surface area contributed by atoms with Crippen molar-refractivity contribution in [2.45, 2.75) is 25.7 Å². The smallest absolute Gasteiger partial charge is 0.183 e. The maximum atomic E-state index is 14.0. The van der Waals surface area contributed by atoms with Crippen LogP contribution < -0.4 is 11.1 Å². The van der Waals surface area contributed by atoms with Crippen molar-refractivity contribution in [1.29, 1.82) is 0 Å². The molecule has 1 aromatic carbocycles. The van der Waals surface area contributed by atoms with Crippen LogP contribution in [0.25, 0.3) is 11.5 Å². The van der Waals surface area contributed by atoms with Crippen LogP contribution >= 0.6 is 0 Å². The summed E-state index contributed by atoms with van der Waals surface area (Å²) in [7, 11) is 1.87. The summed E-state index contributed by atoms with van der Waals surface area (Å²) >= 11 is 0. The minimum absolute atomic E-state index is 0.245. The number of nitrogens with zero attached hydrogens (tertiary/aromatic N) is 4. The van der Waals surface area contributed by atoms with Gasteiger partial charge >= 0.3 is 0 Å². The first kappa shape index (κ1) is 17.2. The van der Waals surface area contributed by atoms with E-state index in [0.717, 1.165) is 17.1 Å². The fraction of sp³-hybridized carbons (Fsp3) is 0.250. The molecule has 0 spiro atoms. The Morgan fingerprint density at radius 3 is 2.70 bits per heavy atom. The molecule has 3 aromatic rings. The molecule has 7 heteroatoms. The van der Waals surface area contributed by atoms with E-state index < -0.39 is 0 Å². The lowest BCUT2D eigenvalue weighted by Crippen LogP contribution is -2.18. The molecule has 3 N–H and O–H groups in total. The summed E-state index contributed by atoms with van der Waals surface area (Å²) in [5.74, 6) is 1.97. The zero-order valence-electron chi connectivity index (χ0n) is 15.5. The second-order valence-corrected chi connectivity index (χ2v) is 7.31. The van der Waals surface area contributed by atoms with Gasteiger partial charge in [0.25, 0.3) is 0 Å².